The molecule has 4 rings (SSSR count). The number of likely N-dealkylation sites (tertiary alicyclic amines) is 1. The van der Waals surface area contributed by atoms with Gasteiger partial charge in [-0.3, -0.25) is 14.5 Å². The van der Waals surface area contributed by atoms with Gasteiger partial charge in [0.2, 0.25) is 11.8 Å². The first-order chi connectivity index (χ1) is 10.1. The monoisotopic (exact) mass is 285 g/mol. The van der Waals surface area contributed by atoms with Gasteiger partial charge in [0.1, 0.15) is 0 Å². The van der Waals surface area contributed by atoms with E-state index in [1.165, 1.54) is 12.8 Å². The molecule has 1 saturated carbocycles. The Bertz CT molecular complexity index is 626. The Labute approximate surface area is 123 Å². The fourth-order valence-corrected chi connectivity index (χ4v) is 3.82. The minimum Gasteiger partial charge on any atom is -0.368 e. The van der Waals surface area contributed by atoms with Crippen LogP contribution in [-0.2, 0) is 15.0 Å². The third kappa shape index (κ3) is 1.87. The van der Waals surface area contributed by atoms with Crippen molar-refractivity contribution in [1.29, 1.82) is 0 Å². The van der Waals surface area contributed by atoms with E-state index in [1.54, 1.807) is 0 Å². The van der Waals surface area contributed by atoms with E-state index in [-0.39, 0.29) is 17.9 Å². The van der Waals surface area contributed by atoms with Crippen molar-refractivity contribution >= 4 is 17.5 Å². The number of anilines is 1. The molecule has 2 fully saturated rings. The third-order valence-corrected chi connectivity index (χ3v) is 5.10. The fraction of sp³-hybridized carbons (Fsp3) is 0.500. The minimum absolute atomic E-state index is 0.00764. The molecule has 110 valence electrons. The quantitative estimate of drug-likeness (QED) is 0.864. The molecule has 1 saturated heterocycles. The molecule has 5 heteroatoms. The molecule has 0 bridgehead atoms. The summed E-state index contributed by atoms with van der Waals surface area (Å²) in [6.07, 6.45) is 2.94. The second-order valence-electron chi connectivity index (χ2n) is 6.58. The third-order valence-electron chi connectivity index (χ3n) is 5.10. The lowest BCUT2D eigenvalue weighted by Gasteiger charge is -2.23. The second-order valence-corrected chi connectivity index (χ2v) is 6.58. The number of rotatable bonds is 3. The number of para-hydroxylation sites is 1. The van der Waals surface area contributed by atoms with Crippen molar-refractivity contribution in [2.45, 2.75) is 30.7 Å². The number of primary amides is 1. The van der Waals surface area contributed by atoms with Crippen LogP contribution in [-0.4, -0.2) is 35.8 Å². The summed E-state index contributed by atoms with van der Waals surface area (Å²) in [6.45, 7) is 1.48. The molecule has 1 aliphatic carbocycles. The topological polar surface area (TPSA) is 75.4 Å². The predicted octanol–water partition coefficient (Wildman–Crippen LogP) is 0.846. The maximum atomic E-state index is 12.6. The highest BCUT2D eigenvalue weighted by atomic mass is 16.2. The van der Waals surface area contributed by atoms with E-state index in [0.29, 0.717) is 18.9 Å². The van der Waals surface area contributed by atoms with Crippen LogP contribution in [0.3, 0.4) is 0 Å². The summed E-state index contributed by atoms with van der Waals surface area (Å²) in [5.41, 5.74) is 6.87. The van der Waals surface area contributed by atoms with Gasteiger partial charge in [0, 0.05) is 18.8 Å². The molecular formula is C16H19N3O2. The smallest absolute Gasteiger partial charge is 0.236 e. The van der Waals surface area contributed by atoms with Gasteiger partial charge in [-0.2, -0.15) is 0 Å². The van der Waals surface area contributed by atoms with Gasteiger partial charge in [-0.1, -0.05) is 18.2 Å². The number of nitrogens with two attached hydrogens (primary N) is 1. The molecule has 0 unspecified atom stereocenters. The Morgan fingerprint density at radius 1 is 1.38 bits per heavy atom. The maximum Gasteiger partial charge on any atom is 0.236 e. The Morgan fingerprint density at radius 3 is 2.86 bits per heavy atom. The number of hydrogen-bond donors (Lipinski definition) is 2. The van der Waals surface area contributed by atoms with Crippen LogP contribution in [0, 0.1) is 5.92 Å². The van der Waals surface area contributed by atoms with Crippen LogP contribution in [0.4, 0.5) is 5.69 Å². The maximum absolute atomic E-state index is 12.6. The molecule has 1 aromatic rings. The van der Waals surface area contributed by atoms with Crippen molar-refractivity contribution < 1.29 is 9.59 Å². The van der Waals surface area contributed by atoms with Gasteiger partial charge in [0.25, 0.3) is 0 Å². The van der Waals surface area contributed by atoms with Gasteiger partial charge in [-0.25, -0.2) is 0 Å². The summed E-state index contributed by atoms with van der Waals surface area (Å²) >= 11 is 0. The van der Waals surface area contributed by atoms with E-state index >= 15 is 0 Å². The van der Waals surface area contributed by atoms with E-state index in [4.69, 9.17) is 5.73 Å². The van der Waals surface area contributed by atoms with E-state index in [0.717, 1.165) is 17.8 Å². The van der Waals surface area contributed by atoms with Crippen molar-refractivity contribution in [2.75, 3.05) is 18.4 Å². The number of benzene rings is 1. The number of fused-ring (bicyclic) bond motifs is 2. The normalized spacial score (nSPS) is 31.4. The Morgan fingerprint density at radius 2 is 2.14 bits per heavy atom. The average molecular weight is 285 g/mol. The Kier molecular flexibility index (Phi) is 2.63. The number of nitrogens with one attached hydrogen (secondary N) is 1. The van der Waals surface area contributed by atoms with E-state index in [9.17, 15) is 9.59 Å². The van der Waals surface area contributed by atoms with Crippen molar-refractivity contribution in [2.24, 2.45) is 11.7 Å². The molecule has 2 amide bonds. The molecule has 2 aliphatic heterocycles. The van der Waals surface area contributed by atoms with E-state index in [1.807, 2.05) is 24.3 Å². The lowest BCUT2D eigenvalue weighted by molar-refractivity contribution is -0.122. The summed E-state index contributed by atoms with van der Waals surface area (Å²) < 4.78 is 0. The molecular weight excluding hydrogens is 266 g/mol. The molecule has 2 heterocycles. The van der Waals surface area contributed by atoms with Crippen LogP contribution in [0.5, 0.6) is 0 Å². The second kappa shape index (κ2) is 4.31. The van der Waals surface area contributed by atoms with Gasteiger partial charge in [-0.15, -0.1) is 0 Å². The molecule has 5 nitrogen and oxygen atoms in total. The zero-order valence-corrected chi connectivity index (χ0v) is 11.8. The molecule has 0 radical (unpaired) electrons. The molecule has 3 N–H and O–H groups in total. The highest BCUT2D eigenvalue weighted by Crippen LogP contribution is 2.47. The summed E-state index contributed by atoms with van der Waals surface area (Å²) in [5, 5.41) is 2.96. The minimum atomic E-state index is -0.606. The van der Waals surface area contributed by atoms with Crippen molar-refractivity contribution in [3.63, 3.8) is 0 Å². The number of amides is 2. The molecule has 1 aromatic carbocycles. The number of carbonyl (C=O) groups excluding carboxylic acids is 2. The fourth-order valence-electron chi connectivity index (χ4n) is 3.82. The molecule has 1 spiro atoms. The summed E-state index contributed by atoms with van der Waals surface area (Å²) in [6, 6.07) is 7.45. The molecule has 3 aliphatic rings. The molecule has 2 atom stereocenters. The van der Waals surface area contributed by atoms with Crippen LogP contribution in [0.1, 0.15) is 24.8 Å². The summed E-state index contributed by atoms with van der Waals surface area (Å²) in [4.78, 5) is 26.5. The largest absolute Gasteiger partial charge is 0.368 e. The standard InChI is InChI=1S/C16H19N3O2/c17-14(20)13-7-16(9-19(13)8-10-5-6-10)11-3-1-2-4-12(11)18-15(16)21/h1-4,10,13H,5-9H2,(H2,17,20)(H,18,21)/t13-,16-/m0/s1. The van der Waals surface area contributed by atoms with E-state index < -0.39 is 5.41 Å². The summed E-state index contributed by atoms with van der Waals surface area (Å²) in [7, 11) is 0. The highest BCUT2D eigenvalue weighted by molar-refractivity contribution is 6.07. The van der Waals surface area contributed by atoms with Crippen LogP contribution in [0.25, 0.3) is 0 Å². The van der Waals surface area contributed by atoms with Gasteiger partial charge in [0.15, 0.2) is 0 Å². The van der Waals surface area contributed by atoms with Crippen LogP contribution < -0.4 is 11.1 Å². The average Bonchev–Trinajstić information content (AvgIpc) is 3.11. The Hall–Kier alpha value is -1.88. The molecule has 0 aromatic heterocycles. The lowest BCUT2D eigenvalue weighted by Crippen LogP contribution is -2.41. The zero-order valence-electron chi connectivity index (χ0n) is 11.8. The SMILES string of the molecule is NC(=O)[C@@H]1C[C@@]2(CN1CC1CC1)C(=O)Nc1ccccc12. The first kappa shape index (κ1) is 12.8. The van der Waals surface area contributed by atoms with Crippen molar-refractivity contribution in [3.05, 3.63) is 29.8 Å². The number of hydrogen-bond acceptors (Lipinski definition) is 3. The van der Waals surface area contributed by atoms with Crippen molar-refractivity contribution in [3.8, 4) is 0 Å². The molecule has 21 heavy (non-hydrogen) atoms. The first-order valence-electron chi connectivity index (χ1n) is 7.54. The van der Waals surface area contributed by atoms with E-state index in [2.05, 4.69) is 10.2 Å². The van der Waals surface area contributed by atoms with Gasteiger partial charge in [-0.05, 0) is 36.8 Å². The van der Waals surface area contributed by atoms with Crippen LogP contribution in [0.15, 0.2) is 24.3 Å². The van der Waals surface area contributed by atoms with Gasteiger partial charge < -0.3 is 11.1 Å². The predicted molar refractivity (Wildman–Crippen MR) is 78.6 cm³/mol. The van der Waals surface area contributed by atoms with Gasteiger partial charge >= 0.3 is 0 Å². The number of nitrogens with zero attached hydrogens (tertiary/aromatic N) is 1. The first-order valence-corrected chi connectivity index (χ1v) is 7.54. The highest BCUT2D eigenvalue weighted by Gasteiger charge is 2.56. The zero-order chi connectivity index (χ0) is 14.6. The summed E-state index contributed by atoms with van der Waals surface area (Å²) in [5.74, 6) is 0.361. The van der Waals surface area contributed by atoms with Gasteiger partial charge in [0.05, 0.1) is 11.5 Å². The van der Waals surface area contributed by atoms with Crippen molar-refractivity contribution in [1.82, 2.24) is 4.90 Å². The number of carbonyl (C=O) groups is 2. The lowest BCUT2D eigenvalue weighted by atomic mass is 9.79. The van der Waals surface area contributed by atoms with Crippen LogP contribution >= 0.6 is 0 Å². The Balaban J connectivity index is 1.71. The van der Waals surface area contributed by atoms with Crippen LogP contribution in [0.2, 0.25) is 0 Å².